The van der Waals surface area contributed by atoms with Crippen molar-refractivity contribution in [2.45, 2.75) is 43.8 Å². The lowest BCUT2D eigenvalue weighted by Gasteiger charge is -2.25. The predicted molar refractivity (Wildman–Crippen MR) is 99.8 cm³/mol. The van der Waals surface area contributed by atoms with Gasteiger partial charge in [-0.2, -0.15) is 0 Å². The Hall–Kier alpha value is -2.03. The topological polar surface area (TPSA) is 85.0 Å². The molecule has 1 aliphatic heterocycles. The van der Waals surface area contributed by atoms with Crippen molar-refractivity contribution in [2.75, 3.05) is 20.7 Å². The van der Waals surface area contributed by atoms with E-state index in [1.807, 2.05) is 38.9 Å². The first kappa shape index (κ1) is 17.1. The number of aliphatic imine (C=N–C) groups is 1. The zero-order chi connectivity index (χ0) is 19.0. The Balaban J connectivity index is 1.60. The minimum atomic E-state index is -0.636. The van der Waals surface area contributed by atoms with E-state index in [0.29, 0.717) is 11.7 Å². The average Bonchev–Trinajstić information content (AvgIpc) is 2.92. The molecule has 0 radical (unpaired) electrons. The summed E-state index contributed by atoms with van der Waals surface area (Å²) in [6.45, 7) is 3.99. The molecule has 0 amide bonds. The van der Waals surface area contributed by atoms with Crippen LogP contribution in [0.2, 0.25) is 0 Å². The summed E-state index contributed by atoms with van der Waals surface area (Å²) < 4.78 is 14.7. The van der Waals surface area contributed by atoms with Gasteiger partial charge >= 0.3 is 0 Å². The predicted octanol–water partition coefficient (Wildman–Crippen LogP) is 1.51. The van der Waals surface area contributed by atoms with E-state index in [1.54, 1.807) is 12.7 Å². The summed E-state index contributed by atoms with van der Waals surface area (Å²) in [5.74, 6) is 0.427. The van der Waals surface area contributed by atoms with Crippen LogP contribution in [0.25, 0.3) is 11.0 Å². The van der Waals surface area contributed by atoms with Crippen LogP contribution in [0.3, 0.4) is 0 Å². The van der Waals surface area contributed by atoms with Crippen LogP contribution in [0, 0.1) is 11.8 Å². The second-order valence-corrected chi connectivity index (χ2v) is 8.50. The molecule has 27 heavy (non-hydrogen) atoms. The second kappa shape index (κ2) is 5.50. The molecule has 1 N–H and O–H groups in total. The highest BCUT2D eigenvalue weighted by Gasteiger charge is 2.76. The summed E-state index contributed by atoms with van der Waals surface area (Å²) >= 11 is 0. The number of nitrogens with zero attached hydrogens (tertiary/aromatic N) is 5. The number of fused-ring (bicyclic) bond motifs is 4. The van der Waals surface area contributed by atoms with E-state index in [0.717, 1.165) is 17.5 Å². The summed E-state index contributed by atoms with van der Waals surface area (Å²) in [5.41, 5.74) is 0.633. The van der Waals surface area contributed by atoms with E-state index in [1.165, 1.54) is 0 Å². The van der Waals surface area contributed by atoms with Crippen LogP contribution in [0.15, 0.2) is 23.6 Å². The van der Waals surface area contributed by atoms with E-state index in [2.05, 4.69) is 25.7 Å². The Labute approximate surface area is 157 Å². The van der Waals surface area contributed by atoms with Crippen molar-refractivity contribution in [1.82, 2.24) is 19.4 Å². The molecule has 3 aliphatic rings. The van der Waals surface area contributed by atoms with Gasteiger partial charge in [-0.25, -0.2) is 15.0 Å². The minimum Gasteiger partial charge on any atom is -0.396 e. The van der Waals surface area contributed by atoms with Crippen LogP contribution in [0.4, 0.5) is 5.82 Å². The van der Waals surface area contributed by atoms with Gasteiger partial charge in [-0.15, -0.1) is 0 Å². The molecule has 2 aliphatic carbocycles. The van der Waals surface area contributed by atoms with E-state index in [4.69, 9.17) is 9.47 Å². The summed E-state index contributed by atoms with van der Waals surface area (Å²) in [6, 6.07) is 2.02. The van der Waals surface area contributed by atoms with Gasteiger partial charge in [-0.3, -0.25) is 0 Å². The Morgan fingerprint density at radius 2 is 2.19 bits per heavy atom. The standard InChI is InChI=1S/C19H25N5O3/c1-18(2)26-14-12(8-25)13-7-19(13,15(14)27-18)24-6-5-11-16(22-10-23(3)4)20-9-21-17(11)24/h5-6,9-10,12-15,25H,7-8H2,1-4H3/t12-,13-,14+,15+,19+/m0/s1. The van der Waals surface area contributed by atoms with Gasteiger partial charge in [0.25, 0.3) is 0 Å². The van der Waals surface area contributed by atoms with Crippen molar-refractivity contribution >= 4 is 23.2 Å². The fourth-order valence-electron chi connectivity index (χ4n) is 5.05. The highest BCUT2D eigenvalue weighted by molar-refractivity contribution is 5.87. The molecule has 0 aromatic carbocycles. The fraction of sp³-hybridized carbons (Fsp3) is 0.632. The quantitative estimate of drug-likeness (QED) is 0.648. The largest absolute Gasteiger partial charge is 0.396 e. The van der Waals surface area contributed by atoms with E-state index in [9.17, 15) is 5.11 Å². The summed E-state index contributed by atoms with van der Waals surface area (Å²) in [5, 5.41) is 10.9. The Morgan fingerprint density at radius 3 is 2.93 bits per heavy atom. The lowest BCUT2D eigenvalue weighted by molar-refractivity contribution is -0.162. The van der Waals surface area contributed by atoms with E-state index < -0.39 is 5.79 Å². The molecular formula is C19H25N5O3. The molecule has 8 heteroatoms. The average molecular weight is 371 g/mol. The van der Waals surface area contributed by atoms with Crippen molar-refractivity contribution in [3.63, 3.8) is 0 Å². The first-order valence-corrected chi connectivity index (χ1v) is 9.37. The fourth-order valence-corrected chi connectivity index (χ4v) is 5.05. The van der Waals surface area contributed by atoms with Gasteiger partial charge in [-0.1, -0.05) is 0 Å². The maximum atomic E-state index is 9.98. The summed E-state index contributed by atoms with van der Waals surface area (Å²) in [6.07, 6.45) is 6.13. The van der Waals surface area contributed by atoms with Gasteiger partial charge in [0, 0.05) is 32.8 Å². The number of aliphatic hydroxyl groups is 1. The van der Waals surface area contributed by atoms with Crippen molar-refractivity contribution in [1.29, 1.82) is 0 Å². The number of rotatable bonds is 4. The van der Waals surface area contributed by atoms with Crippen molar-refractivity contribution in [3.05, 3.63) is 18.6 Å². The second-order valence-electron chi connectivity index (χ2n) is 8.50. The molecule has 1 saturated heterocycles. The van der Waals surface area contributed by atoms with Crippen LogP contribution in [-0.4, -0.2) is 69.6 Å². The highest BCUT2D eigenvalue weighted by Crippen LogP contribution is 2.68. The molecule has 5 rings (SSSR count). The number of aromatic nitrogens is 3. The molecule has 0 unspecified atom stereocenters. The molecule has 2 aromatic heterocycles. The van der Waals surface area contributed by atoms with Crippen molar-refractivity contribution in [3.8, 4) is 0 Å². The number of hydrogen-bond donors (Lipinski definition) is 1. The molecule has 144 valence electrons. The van der Waals surface area contributed by atoms with E-state index in [-0.39, 0.29) is 30.3 Å². The third-order valence-electron chi connectivity index (χ3n) is 6.12. The number of ether oxygens (including phenoxy) is 2. The Bertz CT molecular complexity index is 923. The van der Waals surface area contributed by atoms with Crippen molar-refractivity contribution in [2.24, 2.45) is 16.8 Å². The Morgan fingerprint density at radius 1 is 1.37 bits per heavy atom. The van der Waals surface area contributed by atoms with Gasteiger partial charge in [0.2, 0.25) is 0 Å². The van der Waals surface area contributed by atoms with Gasteiger partial charge in [0.1, 0.15) is 18.1 Å². The number of aliphatic hydroxyl groups excluding tert-OH is 1. The minimum absolute atomic E-state index is 0.0855. The highest BCUT2D eigenvalue weighted by atomic mass is 16.8. The monoisotopic (exact) mass is 371 g/mol. The lowest BCUT2D eigenvalue weighted by Crippen LogP contribution is -2.37. The van der Waals surface area contributed by atoms with Crippen LogP contribution in [0.5, 0.6) is 0 Å². The molecule has 8 nitrogen and oxygen atoms in total. The van der Waals surface area contributed by atoms with Crippen LogP contribution in [-0.2, 0) is 15.0 Å². The van der Waals surface area contributed by atoms with E-state index >= 15 is 0 Å². The first-order chi connectivity index (χ1) is 12.9. The third kappa shape index (κ3) is 2.30. The molecular weight excluding hydrogens is 346 g/mol. The van der Waals surface area contributed by atoms with Crippen LogP contribution in [0.1, 0.15) is 20.3 Å². The smallest absolute Gasteiger partial charge is 0.166 e. The maximum absolute atomic E-state index is 9.98. The van der Waals surface area contributed by atoms with Gasteiger partial charge < -0.3 is 24.0 Å². The lowest BCUT2D eigenvalue weighted by atomic mass is 10.0. The molecule has 0 bridgehead atoms. The SMILES string of the molecule is CN(C)C=Nc1ncnc2c1ccn2[C@]12C[C@H]1[C@H](CO)[C@H]1OC(C)(C)O[C@H]12. The van der Waals surface area contributed by atoms with Gasteiger partial charge in [0.05, 0.1) is 23.4 Å². The normalized spacial score (nSPS) is 36.3. The zero-order valence-electron chi connectivity index (χ0n) is 16.0. The van der Waals surface area contributed by atoms with Gasteiger partial charge in [0.15, 0.2) is 11.6 Å². The Kier molecular flexibility index (Phi) is 3.48. The number of hydrogen-bond acceptors (Lipinski definition) is 6. The first-order valence-electron chi connectivity index (χ1n) is 9.37. The summed E-state index contributed by atoms with van der Waals surface area (Å²) in [4.78, 5) is 15.2. The molecule has 2 aromatic rings. The summed E-state index contributed by atoms with van der Waals surface area (Å²) in [7, 11) is 3.85. The van der Waals surface area contributed by atoms with Crippen LogP contribution >= 0.6 is 0 Å². The van der Waals surface area contributed by atoms with Gasteiger partial charge in [-0.05, 0) is 32.3 Å². The maximum Gasteiger partial charge on any atom is 0.166 e. The molecule has 0 spiro atoms. The molecule has 5 atom stereocenters. The molecule has 3 fully saturated rings. The van der Waals surface area contributed by atoms with Crippen molar-refractivity contribution < 1.29 is 14.6 Å². The zero-order valence-corrected chi connectivity index (χ0v) is 16.0. The molecule has 2 saturated carbocycles. The third-order valence-corrected chi connectivity index (χ3v) is 6.12. The van der Waals surface area contributed by atoms with Crippen LogP contribution < -0.4 is 0 Å². The molecule has 3 heterocycles.